The molecule has 110 valence electrons. The van der Waals surface area contributed by atoms with Gasteiger partial charge in [-0.2, -0.15) is 0 Å². The van der Waals surface area contributed by atoms with E-state index >= 15 is 0 Å². The van der Waals surface area contributed by atoms with Gasteiger partial charge in [0.1, 0.15) is 0 Å². The Labute approximate surface area is 115 Å². The zero-order chi connectivity index (χ0) is 14.3. The maximum absolute atomic E-state index is 5.77. The van der Waals surface area contributed by atoms with E-state index < -0.39 is 0 Å². The molecule has 1 aromatic heterocycles. The molecule has 0 radical (unpaired) electrons. The van der Waals surface area contributed by atoms with Crippen LogP contribution in [0.4, 0.5) is 6.01 Å². The lowest BCUT2D eigenvalue weighted by atomic mass is 10.2. The molecule has 1 rings (SSSR count). The van der Waals surface area contributed by atoms with Crippen LogP contribution in [0.3, 0.4) is 0 Å². The van der Waals surface area contributed by atoms with Crippen LogP contribution in [0.5, 0.6) is 0 Å². The molecule has 19 heavy (non-hydrogen) atoms. The van der Waals surface area contributed by atoms with E-state index in [1.54, 1.807) is 7.11 Å². The van der Waals surface area contributed by atoms with Gasteiger partial charge in [-0.05, 0) is 26.8 Å². The topological polar surface area (TPSA) is 63.4 Å². The van der Waals surface area contributed by atoms with Crippen LogP contribution in [0.25, 0.3) is 0 Å². The molecule has 0 spiro atoms. The molecule has 0 saturated heterocycles. The maximum Gasteiger partial charge on any atom is 0.318 e. The third-order valence-electron chi connectivity index (χ3n) is 3.22. The number of ether oxygens (including phenoxy) is 1. The second-order valence-corrected chi connectivity index (χ2v) is 4.65. The van der Waals surface area contributed by atoms with Gasteiger partial charge in [0.05, 0.1) is 12.6 Å². The molecule has 0 aliphatic carbocycles. The van der Waals surface area contributed by atoms with E-state index in [0.717, 1.165) is 19.5 Å². The summed E-state index contributed by atoms with van der Waals surface area (Å²) in [6, 6.07) is 0.997. The lowest BCUT2D eigenvalue weighted by molar-refractivity contribution is 0.201. The molecule has 0 amide bonds. The normalized spacial score (nSPS) is 14.4. The van der Waals surface area contributed by atoms with E-state index in [4.69, 9.17) is 9.15 Å². The van der Waals surface area contributed by atoms with Crippen molar-refractivity contribution in [2.24, 2.45) is 0 Å². The van der Waals surface area contributed by atoms with E-state index in [1.165, 1.54) is 0 Å². The van der Waals surface area contributed by atoms with Gasteiger partial charge in [0.15, 0.2) is 0 Å². The zero-order valence-electron chi connectivity index (χ0n) is 12.6. The summed E-state index contributed by atoms with van der Waals surface area (Å²) in [6.45, 7) is 10.6. The van der Waals surface area contributed by atoms with Crippen LogP contribution in [0, 0.1) is 0 Å². The molecule has 0 fully saturated rings. The van der Waals surface area contributed by atoms with Gasteiger partial charge in [0.25, 0.3) is 0 Å². The minimum absolute atomic E-state index is 0.0763. The Morgan fingerprint density at radius 2 is 2.05 bits per heavy atom. The quantitative estimate of drug-likeness (QED) is 0.740. The fourth-order valence-electron chi connectivity index (χ4n) is 1.83. The second-order valence-electron chi connectivity index (χ2n) is 4.65. The largest absolute Gasteiger partial charge is 0.406 e. The van der Waals surface area contributed by atoms with Gasteiger partial charge < -0.3 is 19.4 Å². The van der Waals surface area contributed by atoms with Crippen LogP contribution in [0.15, 0.2) is 4.42 Å². The van der Waals surface area contributed by atoms with E-state index in [1.807, 2.05) is 6.92 Å². The van der Waals surface area contributed by atoms with Crippen molar-refractivity contribution >= 4 is 6.01 Å². The summed E-state index contributed by atoms with van der Waals surface area (Å²) in [6.07, 6.45) is 1.02. The Balaban J connectivity index is 2.78. The molecule has 0 bridgehead atoms. The first-order valence-electron chi connectivity index (χ1n) is 6.96. The van der Waals surface area contributed by atoms with Gasteiger partial charge in [-0.1, -0.05) is 18.9 Å². The molecule has 6 heteroatoms. The predicted octanol–water partition coefficient (Wildman–Crippen LogP) is 1.99. The van der Waals surface area contributed by atoms with Crippen molar-refractivity contribution in [2.45, 2.75) is 46.2 Å². The van der Waals surface area contributed by atoms with E-state index in [2.05, 4.69) is 41.2 Å². The number of nitrogens with one attached hydrogen (secondary N) is 1. The average molecular weight is 270 g/mol. The van der Waals surface area contributed by atoms with Gasteiger partial charge in [-0.25, -0.2) is 0 Å². The SMILES string of the molecule is CCNC(C)c1nnc(N(CCOC)C(C)CC)o1. The average Bonchev–Trinajstić information content (AvgIpc) is 2.88. The zero-order valence-corrected chi connectivity index (χ0v) is 12.6. The van der Waals surface area contributed by atoms with Crippen LogP contribution in [-0.2, 0) is 4.74 Å². The third-order valence-corrected chi connectivity index (χ3v) is 3.22. The molecule has 1 heterocycles. The third kappa shape index (κ3) is 4.47. The lowest BCUT2D eigenvalue weighted by Gasteiger charge is -2.26. The maximum atomic E-state index is 5.77. The Morgan fingerprint density at radius 3 is 2.63 bits per heavy atom. The first-order chi connectivity index (χ1) is 9.13. The van der Waals surface area contributed by atoms with Crippen molar-refractivity contribution in [3.05, 3.63) is 5.89 Å². The fourth-order valence-corrected chi connectivity index (χ4v) is 1.83. The number of nitrogens with zero attached hydrogens (tertiary/aromatic N) is 3. The molecule has 1 aromatic rings. The molecular formula is C13H26N4O2. The molecule has 0 aromatic carbocycles. The Morgan fingerprint density at radius 1 is 1.32 bits per heavy atom. The van der Waals surface area contributed by atoms with Crippen molar-refractivity contribution in [1.82, 2.24) is 15.5 Å². The lowest BCUT2D eigenvalue weighted by Crippen LogP contribution is -2.35. The van der Waals surface area contributed by atoms with Crippen LogP contribution >= 0.6 is 0 Å². The summed E-state index contributed by atoms with van der Waals surface area (Å²) >= 11 is 0. The van der Waals surface area contributed by atoms with E-state index in [-0.39, 0.29) is 6.04 Å². The van der Waals surface area contributed by atoms with Gasteiger partial charge in [-0.3, -0.25) is 0 Å². The number of hydrogen-bond donors (Lipinski definition) is 1. The van der Waals surface area contributed by atoms with Crippen LogP contribution < -0.4 is 10.2 Å². The van der Waals surface area contributed by atoms with E-state index in [0.29, 0.717) is 24.6 Å². The van der Waals surface area contributed by atoms with Crippen molar-refractivity contribution in [3.8, 4) is 0 Å². The van der Waals surface area contributed by atoms with Crippen LogP contribution in [0.2, 0.25) is 0 Å². The molecule has 2 unspecified atom stereocenters. The number of rotatable bonds is 9. The molecule has 1 N–H and O–H groups in total. The van der Waals surface area contributed by atoms with Crippen molar-refractivity contribution in [2.75, 3.05) is 31.7 Å². The minimum atomic E-state index is 0.0763. The molecule has 0 saturated carbocycles. The summed E-state index contributed by atoms with van der Waals surface area (Å²) < 4.78 is 10.9. The number of anilines is 1. The highest BCUT2D eigenvalue weighted by atomic mass is 16.5. The molecular weight excluding hydrogens is 244 g/mol. The number of hydrogen-bond acceptors (Lipinski definition) is 6. The summed E-state index contributed by atoms with van der Waals surface area (Å²) in [5.74, 6) is 0.627. The van der Waals surface area contributed by atoms with Gasteiger partial charge in [0, 0.05) is 19.7 Å². The Kier molecular flexibility index (Phi) is 6.80. The predicted molar refractivity (Wildman–Crippen MR) is 75.4 cm³/mol. The van der Waals surface area contributed by atoms with Crippen molar-refractivity contribution < 1.29 is 9.15 Å². The molecule has 6 nitrogen and oxygen atoms in total. The smallest absolute Gasteiger partial charge is 0.318 e. The number of aromatic nitrogens is 2. The van der Waals surface area contributed by atoms with Crippen molar-refractivity contribution in [1.29, 1.82) is 0 Å². The van der Waals surface area contributed by atoms with Crippen molar-refractivity contribution in [3.63, 3.8) is 0 Å². The fraction of sp³-hybridized carbons (Fsp3) is 0.846. The summed E-state index contributed by atoms with van der Waals surface area (Å²) in [5.41, 5.74) is 0. The van der Waals surface area contributed by atoms with Crippen LogP contribution in [0.1, 0.15) is 46.0 Å². The molecule has 0 aliphatic rings. The highest BCUT2D eigenvalue weighted by Crippen LogP contribution is 2.20. The van der Waals surface area contributed by atoms with Gasteiger partial charge in [0.2, 0.25) is 5.89 Å². The first kappa shape index (κ1) is 15.9. The Hall–Kier alpha value is -1.14. The van der Waals surface area contributed by atoms with Gasteiger partial charge in [-0.15, -0.1) is 5.10 Å². The second kappa shape index (κ2) is 8.12. The molecule has 2 atom stereocenters. The standard InChI is InChI=1S/C13H26N4O2/c1-6-10(3)17(8-9-18-5)13-16-15-12(19-13)11(4)14-7-2/h10-11,14H,6-9H2,1-5H3. The van der Waals surface area contributed by atoms with Gasteiger partial charge >= 0.3 is 6.01 Å². The highest BCUT2D eigenvalue weighted by molar-refractivity contribution is 5.26. The summed E-state index contributed by atoms with van der Waals surface area (Å²) in [5, 5.41) is 11.5. The van der Waals surface area contributed by atoms with E-state index in [9.17, 15) is 0 Å². The summed E-state index contributed by atoms with van der Waals surface area (Å²) in [7, 11) is 1.70. The molecule has 0 aliphatic heterocycles. The Bertz CT molecular complexity index is 356. The number of methoxy groups -OCH3 is 1. The minimum Gasteiger partial charge on any atom is -0.406 e. The van der Waals surface area contributed by atoms with Crippen LogP contribution in [-0.4, -0.2) is 43.0 Å². The highest BCUT2D eigenvalue weighted by Gasteiger charge is 2.20. The summed E-state index contributed by atoms with van der Waals surface area (Å²) in [4.78, 5) is 2.10. The first-order valence-corrected chi connectivity index (χ1v) is 6.96. The monoisotopic (exact) mass is 270 g/mol.